The quantitative estimate of drug-likeness (QED) is 0.768. The van der Waals surface area contributed by atoms with Gasteiger partial charge in [-0.3, -0.25) is 4.98 Å². The highest BCUT2D eigenvalue weighted by molar-refractivity contribution is 5.64. The molecule has 0 saturated carbocycles. The smallest absolute Gasteiger partial charge is 0.404 e. The van der Waals surface area contributed by atoms with Gasteiger partial charge >= 0.3 is 6.09 Å². The van der Waals surface area contributed by atoms with E-state index in [-0.39, 0.29) is 12.0 Å². The second-order valence-electron chi connectivity index (χ2n) is 5.49. The van der Waals surface area contributed by atoms with Crippen molar-refractivity contribution in [3.8, 4) is 0 Å². The third kappa shape index (κ3) is 4.71. The van der Waals surface area contributed by atoms with Gasteiger partial charge in [-0.15, -0.1) is 0 Å². The number of aliphatic hydroxyl groups excluding tert-OH is 1. The van der Waals surface area contributed by atoms with Crippen molar-refractivity contribution < 1.29 is 15.0 Å². The molecule has 0 fully saturated rings. The molecular weight excluding hydrogens is 232 g/mol. The summed E-state index contributed by atoms with van der Waals surface area (Å²) in [6.45, 7) is 6.26. The molecule has 5 heteroatoms. The first-order valence-electron chi connectivity index (χ1n) is 5.88. The van der Waals surface area contributed by atoms with E-state index >= 15 is 0 Å². The van der Waals surface area contributed by atoms with E-state index in [2.05, 4.69) is 10.3 Å². The fourth-order valence-corrected chi connectivity index (χ4v) is 1.75. The fourth-order valence-electron chi connectivity index (χ4n) is 1.75. The maximum Gasteiger partial charge on any atom is 0.404 e. The summed E-state index contributed by atoms with van der Waals surface area (Å²) >= 11 is 0. The summed E-state index contributed by atoms with van der Waals surface area (Å²) in [4.78, 5) is 14.6. The molecule has 1 rings (SSSR count). The Morgan fingerprint density at radius 1 is 1.50 bits per heavy atom. The largest absolute Gasteiger partial charge is 0.465 e. The van der Waals surface area contributed by atoms with Crippen LogP contribution in [0.1, 0.15) is 44.6 Å². The van der Waals surface area contributed by atoms with Crippen LogP contribution in [0.4, 0.5) is 4.79 Å². The van der Waals surface area contributed by atoms with E-state index < -0.39 is 12.2 Å². The van der Waals surface area contributed by atoms with Gasteiger partial charge in [0.15, 0.2) is 0 Å². The monoisotopic (exact) mass is 252 g/mol. The van der Waals surface area contributed by atoms with Gasteiger partial charge in [0.25, 0.3) is 0 Å². The summed E-state index contributed by atoms with van der Waals surface area (Å²) in [5.74, 6) is 0. The third-order valence-electron chi connectivity index (χ3n) is 2.48. The van der Waals surface area contributed by atoms with Crippen molar-refractivity contribution in [3.63, 3.8) is 0 Å². The van der Waals surface area contributed by atoms with Crippen LogP contribution in [-0.4, -0.2) is 21.3 Å². The molecule has 1 amide bonds. The van der Waals surface area contributed by atoms with Crippen molar-refractivity contribution in [2.45, 2.75) is 39.8 Å². The van der Waals surface area contributed by atoms with Gasteiger partial charge in [0.05, 0.1) is 11.8 Å². The van der Waals surface area contributed by atoms with Crippen molar-refractivity contribution in [2.24, 2.45) is 5.41 Å². The predicted molar refractivity (Wildman–Crippen MR) is 68.1 cm³/mol. The molecule has 100 valence electrons. The van der Waals surface area contributed by atoms with E-state index in [0.29, 0.717) is 17.7 Å². The van der Waals surface area contributed by atoms with E-state index in [1.807, 2.05) is 20.8 Å². The molecule has 18 heavy (non-hydrogen) atoms. The van der Waals surface area contributed by atoms with Crippen LogP contribution in [0, 0.1) is 5.41 Å². The zero-order valence-electron chi connectivity index (χ0n) is 11.0. The van der Waals surface area contributed by atoms with Crippen LogP contribution < -0.4 is 5.32 Å². The van der Waals surface area contributed by atoms with Gasteiger partial charge in [-0.05, 0) is 23.5 Å². The molecular formula is C13H20N2O3. The molecule has 0 saturated heterocycles. The third-order valence-corrected chi connectivity index (χ3v) is 2.48. The van der Waals surface area contributed by atoms with Gasteiger partial charge in [0, 0.05) is 12.7 Å². The van der Waals surface area contributed by atoms with E-state index in [0.717, 1.165) is 0 Å². The molecule has 1 atom stereocenters. The van der Waals surface area contributed by atoms with Gasteiger partial charge < -0.3 is 15.5 Å². The fraction of sp³-hybridized carbons (Fsp3) is 0.538. The van der Waals surface area contributed by atoms with Crippen molar-refractivity contribution in [2.75, 3.05) is 0 Å². The van der Waals surface area contributed by atoms with Gasteiger partial charge in [-0.2, -0.15) is 0 Å². The van der Waals surface area contributed by atoms with Crippen LogP contribution >= 0.6 is 0 Å². The Bertz CT molecular complexity index is 413. The van der Waals surface area contributed by atoms with Crippen LogP contribution in [0.5, 0.6) is 0 Å². The van der Waals surface area contributed by atoms with E-state index in [1.165, 1.54) is 0 Å². The molecule has 0 radical (unpaired) electrons. The lowest BCUT2D eigenvalue weighted by Gasteiger charge is -2.23. The maximum absolute atomic E-state index is 10.5. The summed E-state index contributed by atoms with van der Waals surface area (Å²) < 4.78 is 0. The Labute approximate surface area is 107 Å². The molecule has 0 aliphatic rings. The molecule has 0 bridgehead atoms. The summed E-state index contributed by atoms with van der Waals surface area (Å²) in [7, 11) is 0. The number of aromatic nitrogens is 1. The molecule has 0 spiro atoms. The minimum Gasteiger partial charge on any atom is -0.465 e. The highest BCUT2D eigenvalue weighted by Gasteiger charge is 2.21. The highest BCUT2D eigenvalue weighted by Crippen LogP contribution is 2.29. The highest BCUT2D eigenvalue weighted by atomic mass is 16.4. The first-order valence-corrected chi connectivity index (χ1v) is 5.88. The summed E-state index contributed by atoms with van der Waals surface area (Å²) in [5.41, 5.74) is 1.23. The van der Waals surface area contributed by atoms with Crippen LogP contribution in [0.25, 0.3) is 0 Å². The standard InChI is InChI=1S/C13H20N2O3/c1-13(2,3)7-10(16)11-9(5-4-6-14-11)8-15-12(17)18/h4-6,10,15-16H,7-8H2,1-3H3,(H,17,18). The zero-order chi connectivity index (χ0) is 13.8. The van der Waals surface area contributed by atoms with E-state index in [4.69, 9.17) is 5.11 Å². The lowest BCUT2D eigenvalue weighted by molar-refractivity contribution is 0.117. The molecule has 3 N–H and O–H groups in total. The Morgan fingerprint density at radius 2 is 2.17 bits per heavy atom. The number of amides is 1. The molecule has 0 aromatic carbocycles. The molecule has 1 unspecified atom stereocenters. The van der Waals surface area contributed by atoms with E-state index in [9.17, 15) is 9.90 Å². The zero-order valence-corrected chi connectivity index (χ0v) is 11.0. The molecule has 0 aliphatic carbocycles. The van der Waals surface area contributed by atoms with Crippen LogP contribution in [-0.2, 0) is 6.54 Å². The lowest BCUT2D eigenvalue weighted by atomic mass is 9.87. The first-order chi connectivity index (χ1) is 8.29. The number of nitrogens with one attached hydrogen (secondary N) is 1. The number of carbonyl (C=O) groups is 1. The molecule has 1 aromatic heterocycles. The van der Waals surface area contributed by atoms with Crippen LogP contribution in [0.15, 0.2) is 18.3 Å². The van der Waals surface area contributed by atoms with Crippen LogP contribution in [0.2, 0.25) is 0 Å². The Morgan fingerprint density at radius 3 is 2.72 bits per heavy atom. The number of hydrogen-bond acceptors (Lipinski definition) is 3. The minimum absolute atomic E-state index is 0.0194. The van der Waals surface area contributed by atoms with Gasteiger partial charge in [0.2, 0.25) is 0 Å². The van der Waals surface area contributed by atoms with Crippen molar-refractivity contribution in [3.05, 3.63) is 29.6 Å². The SMILES string of the molecule is CC(C)(C)CC(O)c1ncccc1CNC(=O)O. The first kappa shape index (κ1) is 14.4. The number of carboxylic acid groups (broad SMARTS) is 1. The summed E-state index contributed by atoms with van der Waals surface area (Å²) in [6, 6.07) is 3.50. The predicted octanol–water partition coefficient (Wildman–Crippen LogP) is 2.32. The number of pyridine rings is 1. The second kappa shape index (κ2) is 5.82. The molecule has 0 aliphatic heterocycles. The topological polar surface area (TPSA) is 82.5 Å². The number of aliphatic hydroxyl groups is 1. The van der Waals surface area contributed by atoms with Crippen LogP contribution in [0.3, 0.4) is 0 Å². The van der Waals surface area contributed by atoms with E-state index in [1.54, 1.807) is 18.3 Å². The summed E-state index contributed by atoms with van der Waals surface area (Å²) in [6.07, 6.45) is 0.405. The Kier molecular flexibility index (Phi) is 4.67. The average molecular weight is 252 g/mol. The molecule has 1 heterocycles. The maximum atomic E-state index is 10.5. The number of nitrogens with zero attached hydrogens (tertiary/aromatic N) is 1. The Hall–Kier alpha value is -1.62. The molecule has 5 nitrogen and oxygen atoms in total. The number of rotatable bonds is 4. The normalized spacial score (nSPS) is 13.1. The van der Waals surface area contributed by atoms with Gasteiger partial charge in [-0.25, -0.2) is 4.79 Å². The van der Waals surface area contributed by atoms with Crippen molar-refractivity contribution in [1.82, 2.24) is 10.3 Å². The van der Waals surface area contributed by atoms with Crippen molar-refractivity contribution in [1.29, 1.82) is 0 Å². The average Bonchev–Trinajstić information content (AvgIpc) is 2.24. The second-order valence-corrected chi connectivity index (χ2v) is 5.49. The van der Waals surface area contributed by atoms with Gasteiger partial charge in [0.1, 0.15) is 0 Å². The Balaban J connectivity index is 2.84. The molecule has 1 aromatic rings. The van der Waals surface area contributed by atoms with Gasteiger partial charge in [-0.1, -0.05) is 26.8 Å². The summed E-state index contributed by atoms with van der Waals surface area (Å²) in [5, 5.41) is 21.0. The minimum atomic E-state index is -1.09. The number of hydrogen-bond donors (Lipinski definition) is 3. The lowest BCUT2D eigenvalue weighted by Crippen LogP contribution is -2.22. The van der Waals surface area contributed by atoms with Crippen molar-refractivity contribution >= 4 is 6.09 Å².